The number of nitrogen functional groups attached to an aromatic ring is 1. The summed E-state index contributed by atoms with van der Waals surface area (Å²) in [5.74, 6) is -1.37. The van der Waals surface area contributed by atoms with Crippen molar-refractivity contribution in [2.75, 3.05) is 5.73 Å². The summed E-state index contributed by atoms with van der Waals surface area (Å²) in [5, 5.41) is 16.1. The summed E-state index contributed by atoms with van der Waals surface area (Å²) in [7, 11) is 0. The van der Waals surface area contributed by atoms with Crippen molar-refractivity contribution in [2.45, 2.75) is 0 Å². The number of rotatable bonds is 2. The van der Waals surface area contributed by atoms with Gasteiger partial charge in [0.25, 0.3) is 0 Å². The molecule has 0 bridgehead atoms. The average Bonchev–Trinajstić information content (AvgIpc) is 2.13. The molecule has 0 aliphatic heterocycles. The number of benzene rings is 1. The third-order valence-corrected chi connectivity index (χ3v) is 2.43. The Bertz CT molecular complexity index is 418. The highest BCUT2D eigenvalue weighted by Gasteiger charge is 2.16. The van der Waals surface area contributed by atoms with Gasteiger partial charge in [-0.1, -0.05) is 23.2 Å². The Kier molecular flexibility index (Phi) is 2.98. The lowest BCUT2D eigenvalue weighted by molar-refractivity contribution is -0.129. The lowest BCUT2D eigenvalue weighted by Crippen LogP contribution is -2.14. The molecule has 0 aliphatic rings. The maximum Gasteiger partial charge on any atom is 0.354 e. The van der Waals surface area contributed by atoms with Crippen molar-refractivity contribution in [1.29, 1.82) is 5.41 Å². The Labute approximate surface area is 89.7 Å². The molecule has 0 aromatic heterocycles. The van der Waals surface area contributed by atoms with Crippen LogP contribution in [0.3, 0.4) is 0 Å². The van der Waals surface area contributed by atoms with Gasteiger partial charge >= 0.3 is 5.97 Å². The summed E-state index contributed by atoms with van der Waals surface area (Å²) in [6.45, 7) is 0. The normalized spacial score (nSPS) is 9.86. The summed E-state index contributed by atoms with van der Waals surface area (Å²) >= 11 is 11.3. The van der Waals surface area contributed by atoms with Crippen molar-refractivity contribution in [2.24, 2.45) is 0 Å². The molecule has 1 aromatic carbocycles. The van der Waals surface area contributed by atoms with Gasteiger partial charge in [-0.25, -0.2) is 4.79 Å². The molecule has 0 atom stereocenters. The van der Waals surface area contributed by atoms with Crippen LogP contribution in [0.25, 0.3) is 0 Å². The summed E-state index contributed by atoms with van der Waals surface area (Å²) in [6.07, 6.45) is 0. The van der Waals surface area contributed by atoms with Gasteiger partial charge in [0.15, 0.2) is 0 Å². The van der Waals surface area contributed by atoms with E-state index in [-0.39, 0.29) is 21.3 Å². The first-order valence-electron chi connectivity index (χ1n) is 3.51. The number of carboxylic acids is 1. The fraction of sp³-hybridized carbons (Fsp3) is 0. The summed E-state index contributed by atoms with van der Waals surface area (Å²) in [5.41, 5.74) is 4.96. The molecule has 6 heteroatoms. The summed E-state index contributed by atoms with van der Waals surface area (Å²) in [4.78, 5) is 10.5. The number of nitrogens with two attached hydrogens (primary N) is 1. The van der Waals surface area contributed by atoms with Crippen LogP contribution in [0.15, 0.2) is 12.1 Å². The Morgan fingerprint density at radius 3 is 2.50 bits per heavy atom. The Balaban J connectivity index is 3.31. The largest absolute Gasteiger partial charge is 0.477 e. The zero-order valence-corrected chi connectivity index (χ0v) is 8.36. The molecular formula is C8H6Cl2N2O2. The predicted octanol–water partition coefficient (Wildman–Crippen LogP) is 2.03. The molecule has 0 saturated carbocycles. The highest BCUT2D eigenvalue weighted by atomic mass is 35.5. The van der Waals surface area contributed by atoms with Crippen molar-refractivity contribution in [3.05, 3.63) is 27.7 Å². The van der Waals surface area contributed by atoms with E-state index in [0.717, 1.165) is 0 Å². The van der Waals surface area contributed by atoms with Crippen LogP contribution in [0.2, 0.25) is 10.0 Å². The third-order valence-electron chi connectivity index (χ3n) is 1.62. The van der Waals surface area contributed by atoms with Crippen LogP contribution >= 0.6 is 23.2 Å². The van der Waals surface area contributed by atoms with Gasteiger partial charge in [-0.05, 0) is 12.1 Å². The lowest BCUT2D eigenvalue weighted by Gasteiger charge is -2.06. The van der Waals surface area contributed by atoms with E-state index in [0.29, 0.717) is 0 Å². The van der Waals surface area contributed by atoms with Crippen LogP contribution in [0, 0.1) is 5.41 Å². The standard InChI is InChI=1S/C8H6Cl2N2O2/c9-4-2-1-3(6(11)5(4)10)7(12)8(13)14/h1-2,12H,11H2,(H,13,14). The molecule has 1 aromatic rings. The summed E-state index contributed by atoms with van der Waals surface area (Å²) < 4.78 is 0. The number of halogens is 2. The number of anilines is 1. The molecule has 0 amide bonds. The van der Waals surface area contributed by atoms with E-state index in [2.05, 4.69) is 0 Å². The van der Waals surface area contributed by atoms with E-state index in [9.17, 15) is 4.79 Å². The van der Waals surface area contributed by atoms with Crippen LogP contribution in [-0.2, 0) is 4.79 Å². The highest BCUT2D eigenvalue weighted by Crippen LogP contribution is 2.30. The molecule has 0 saturated heterocycles. The molecule has 0 fully saturated rings. The topological polar surface area (TPSA) is 87.2 Å². The van der Waals surface area contributed by atoms with Crippen molar-refractivity contribution in [1.82, 2.24) is 0 Å². The van der Waals surface area contributed by atoms with E-state index >= 15 is 0 Å². The number of hydrogen-bond acceptors (Lipinski definition) is 3. The van der Waals surface area contributed by atoms with Crippen LogP contribution in [0.1, 0.15) is 5.56 Å². The smallest absolute Gasteiger partial charge is 0.354 e. The molecule has 74 valence electrons. The van der Waals surface area contributed by atoms with Gasteiger partial charge in [-0.3, -0.25) is 5.41 Å². The summed E-state index contributed by atoms with van der Waals surface area (Å²) in [6, 6.07) is 2.74. The zero-order valence-electron chi connectivity index (χ0n) is 6.84. The van der Waals surface area contributed by atoms with Crippen LogP contribution in [-0.4, -0.2) is 16.8 Å². The maximum atomic E-state index is 10.5. The fourth-order valence-electron chi connectivity index (χ4n) is 0.900. The Morgan fingerprint density at radius 2 is 2.00 bits per heavy atom. The molecule has 4 nitrogen and oxygen atoms in total. The minimum atomic E-state index is -1.37. The Hall–Kier alpha value is -1.26. The van der Waals surface area contributed by atoms with Gasteiger partial charge in [0.1, 0.15) is 5.71 Å². The molecule has 0 spiro atoms. The van der Waals surface area contributed by atoms with Gasteiger partial charge < -0.3 is 10.8 Å². The van der Waals surface area contributed by atoms with Gasteiger partial charge in [0.2, 0.25) is 0 Å². The van der Waals surface area contributed by atoms with Crippen LogP contribution < -0.4 is 5.73 Å². The molecular weight excluding hydrogens is 227 g/mol. The van der Waals surface area contributed by atoms with Gasteiger partial charge in [0, 0.05) is 5.56 Å². The van der Waals surface area contributed by atoms with E-state index in [1.165, 1.54) is 12.1 Å². The molecule has 0 unspecified atom stereocenters. The van der Waals surface area contributed by atoms with E-state index in [4.69, 9.17) is 39.5 Å². The van der Waals surface area contributed by atoms with Crippen LogP contribution in [0.4, 0.5) is 5.69 Å². The molecule has 1 rings (SSSR count). The average molecular weight is 233 g/mol. The molecule has 0 heterocycles. The van der Waals surface area contributed by atoms with Crippen molar-refractivity contribution < 1.29 is 9.90 Å². The molecule has 0 radical (unpaired) electrons. The number of aliphatic carboxylic acids is 1. The minimum absolute atomic E-state index is 0.00608. The second-order valence-corrected chi connectivity index (χ2v) is 3.29. The molecule has 14 heavy (non-hydrogen) atoms. The maximum absolute atomic E-state index is 10.5. The highest BCUT2D eigenvalue weighted by molar-refractivity contribution is 6.47. The zero-order chi connectivity index (χ0) is 10.9. The van der Waals surface area contributed by atoms with Gasteiger partial charge in [0.05, 0.1) is 15.7 Å². The fourth-order valence-corrected chi connectivity index (χ4v) is 1.23. The number of hydrogen-bond donors (Lipinski definition) is 3. The molecule has 0 aliphatic carbocycles. The van der Waals surface area contributed by atoms with E-state index in [1.54, 1.807) is 0 Å². The number of nitrogens with one attached hydrogen (secondary N) is 1. The van der Waals surface area contributed by atoms with E-state index in [1.807, 2.05) is 0 Å². The quantitative estimate of drug-likeness (QED) is 0.539. The van der Waals surface area contributed by atoms with Crippen LogP contribution in [0.5, 0.6) is 0 Å². The number of carboxylic acid groups (broad SMARTS) is 1. The van der Waals surface area contributed by atoms with Crippen molar-refractivity contribution >= 4 is 40.6 Å². The third kappa shape index (κ3) is 1.81. The SMILES string of the molecule is N=C(C(=O)O)c1ccc(Cl)c(Cl)c1N. The lowest BCUT2D eigenvalue weighted by atomic mass is 10.1. The van der Waals surface area contributed by atoms with Crippen molar-refractivity contribution in [3.8, 4) is 0 Å². The van der Waals surface area contributed by atoms with Gasteiger partial charge in [-0.15, -0.1) is 0 Å². The van der Waals surface area contributed by atoms with E-state index < -0.39 is 11.7 Å². The predicted molar refractivity (Wildman–Crippen MR) is 55.3 cm³/mol. The second-order valence-electron chi connectivity index (χ2n) is 2.50. The van der Waals surface area contributed by atoms with Crippen molar-refractivity contribution in [3.63, 3.8) is 0 Å². The first kappa shape index (κ1) is 10.8. The first-order valence-corrected chi connectivity index (χ1v) is 4.26. The second kappa shape index (κ2) is 3.86. The number of carbonyl (C=O) groups is 1. The first-order chi connectivity index (χ1) is 6.45. The van der Waals surface area contributed by atoms with Gasteiger partial charge in [-0.2, -0.15) is 0 Å². The molecule has 4 N–H and O–H groups in total. The minimum Gasteiger partial charge on any atom is -0.477 e. The Morgan fingerprint density at radius 1 is 1.43 bits per heavy atom. The monoisotopic (exact) mass is 232 g/mol.